The van der Waals surface area contributed by atoms with Crippen molar-refractivity contribution in [2.45, 2.75) is 19.8 Å². The minimum absolute atomic E-state index is 0.100. The maximum atomic E-state index is 10.8. The second kappa shape index (κ2) is 5.29. The zero-order chi connectivity index (χ0) is 13.0. The Morgan fingerprint density at radius 3 is 2.71 bits per heavy atom. The maximum absolute atomic E-state index is 10.8. The molecular weight excluding hydrogens is 226 g/mol. The first-order valence-corrected chi connectivity index (χ1v) is 5.11. The monoisotopic (exact) mass is 239 g/mol. The van der Waals surface area contributed by atoms with Crippen molar-refractivity contribution in [2.24, 2.45) is 0 Å². The first-order chi connectivity index (χ1) is 7.97. The summed E-state index contributed by atoms with van der Waals surface area (Å²) in [4.78, 5) is 21.0. The highest BCUT2D eigenvalue weighted by Crippen LogP contribution is 2.30. The third-order valence-electron chi connectivity index (χ3n) is 2.35. The number of carboxylic acids is 1. The number of carboxylic acid groups (broad SMARTS) is 1. The van der Waals surface area contributed by atoms with E-state index in [0.29, 0.717) is 5.56 Å². The van der Waals surface area contributed by atoms with Crippen molar-refractivity contribution in [3.05, 3.63) is 33.9 Å². The molecule has 0 radical (unpaired) electrons. The van der Waals surface area contributed by atoms with Crippen molar-refractivity contribution in [3.8, 4) is 5.75 Å². The molecule has 0 saturated heterocycles. The Bertz CT molecular complexity index is 443. The lowest BCUT2D eigenvalue weighted by molar-refractivity contribution is -0.385. The van der Waals surface area contributed by atoms with Crippen LogP contribution in [0.2, 0.25) is 0 Å². The van der Waals surface area contributed by atoms with Crippen molar-refractivity contribution < 1.29 is 19.6 Å². The van der Waals surface area contributed by atoms with Gasteiger partial charge < -0.3 is 9.84 Å². The molecule has 92 valence electrons. The number of nitro groups is 1. The van der Waals surface area contributed by atoms with Gasteiger partial charge in [0.05, 0.1) is 17.4 Å². The number of hydrogen-bond acceptors (Lipinski definition) is 4. The number of rotatable bonds is 5. The van der Waals surface area contributed by atoms with Crippen molar-refractivity contribution >= 4 is 11.7 Å². The quantitative estimate of drug-likeness (QED) is 0.628. The van der Waals surface area contributed by atoms with E-state index in [-0.39, 0.29) is 18.0 Å². The Hall–Kier alpha value is -2.11. The topological polar surface area (TPSA) is 89.7 Å². The van der Waals surface area contributed by atoms with Gasteiger partial charge in [0.1, 0.15) is 0 Å². The SMILES string of the molecule is CCOc1cc(C(C)C(=O)O)ccc1[N+](=O)[O-]. The van der Waals surface area contributed by atoms with Gasteiger partial charge in [-0.1, -0.05) is 6.07 Å². The number of nitro benzene ring substituents is 1. The molecular formula is C11H13NO5. The molecule has 0 bridgehead atoms. The van der Waals surface area contributed by atoms with Crippen LogP contribution in [-0.2, 0) is 4.79 Å². The summed E-state index contributed by atoms with van der Waals surface area (Å²) in [6.45, 7) is 3.50. The van der Waals surface area contributed by atoms with Crippen molar-refractivity contribution in [3.63, 3.8) is 0 Å². The molecule has 0 aromatic heterocycles. The molecule has 1 aromatic carbocycles. The fourth-order valence-electron chi connectivity index (χ4n) is 1.36. The predicted octanol–water partition coefficient (Wildman–Crippen LogP) is 2.18. The van der Waals surface area contributed by atoms with Crippen LogP contribution in [0.3, 0.4) is 0 Å². The highest BCUT2D eigenvalue weighted by atomic mass is 16.6. The molecule has 1 N–H and O–H groups in total. The van der Waals surface area contributed by atoms with E-state index in [9.17, 15) is 14.9 Å². The van der Waals surface area contributed by atoms with Gasteiger partial charge in [0.15, 0.2) is 5.75 Å². The zero-order valence-corrected chi connectivity index (χ0v) is 9.54. The predicted molar refractivity (Wildman–Crippen MR) is 60.3 cm³/mol. The van der Waals surface area contributed by atoms with E-state index in [0.717, 1.165) is 0 Å². The molecule has 0 aliphatic heterocycles. The highest BCUT2D eigenvalue weighted by molar-refractivity contribution is 5.76. The van der Waals surface area contributed by atoms with E-state index < -0.39 is 16.8 Å². The molecule has 0 saturated carbocycles. The van der Waals surface area contributed by atoms with Gasteiger partial charge in [-0.2, -0.15) is 0 Å². The van der Waals surface area contributed by atoms with Crippen LogP contribution in [0.1, 0.15) is 25.3 Å². The number of carbonyl (C=O) groups is 1. The van der Waals surface area contributed by atoms with Gasteiger partial charge in [-0.25, -0.2) is 0 Å². The number of aliphatic carboxylic acids is 1. The van der Waals surface area contributed by atoms with Gasteiger partial charge in [0.2, 0.25) is 0 Å². The first-order valence-electron chi connectivity index (χ1n) is 5.11. The summed E-state index contributed by atoms with van der Waals surface area (Å²) < 4.78 is 5.13. The Kier molecular flexibility index (Phi) is 4.03. The van der Waals surface area contributed by atoms with Crippen LogP contribution in [-0.4, -0.2) is 22.6 Å². The lowest BCUT2D eigenvalue weighted by Crippen LogP contribution is -2.08. The van der Waals surface area contributed by atoms with Crippen LogP contribution in [0.25, 0.3) is 0 Å². The van der Waals surface area contributed by atoms with Crippen LogP contribution >= 0.6 is 0 Å². The molecule has 0 spiro atoms. The second-order valence-electron chi connectivity index (χ2n) is 3.48. The summed E-state index contributed by atoms with van der Waals surface area (Å²) in [5.74, 6) is -1.61. The normalized spacial score (nSPS) is 11.9. The molecule has 0 aliphatic rings. The van der Waals surface area contributed by atoms with E-state index in [1.54, 1.807) is 6.92 Å². The molecule has 1 unspecified atom stereocenters. The fraction of sp³-hybridized carbons (Fsp3) is 0.364. The van der Waals surface area contributed by atoms with Crippen molar-refractivity contribution in [1.82, 2.24) is 0 Å². The minimum atomic E-state index is -0.985. The number of hydrogen-bond donors (Lipinski definition) is 1. The zero-order valence-electron chi connectivity index (χ0n) is 9.54. The Labute approximate surface area is 98.0 Å². The van der Waals surface area contributed by atoms with E-state index in [1.807, 2.05) is 0 Å². The molecule has 1 atom stereocenters. The van der Waals surface area contributed by atoms with Gasteiger partial charge in [-0.3, -0.25) is 14.9 Å². The summed E-state index contributed by atoms with van der Waals surface area (Å²) in [5.41, 5.74) is 0.319. The molecule has 0 aliphatic carbocycles. The Morgan fingerprint density at radius 1 is 1.59 bits per heavy atom. The smallest absolute Gasteiger partial charge is 0.310 e. The average Bonchev–Trinajstić information content (AvgIpc) is 2.27. The summed E-state index contributed by atoms with van der Waals surface area (Å²) in [5, 5.41) is 19.6. The molecule has 6 heteroatoms. The molecule has 1 rings (SSSR count). The molecule has 0 fully saturated rings. The first kappa shape index (κ1) is 13.0. The van der Waals surface area contributed by atoms with Crippen LogP contribution < -0.4 is 4.74 Å². The highest BCUT2D eigenvalue weighted by Gasteiger charge is 2.20. The minimum Gasteiger partial charge on any atom is -0.487 e. The Morgan fingerprint density at radius 2 is 2.24 bits per heavy atom. The van der Waals surface area contributed by atoms with Gasteiger partial charge in [-0.15, -0.1) is 0 Å². The third-order valence-corrected chi connectivity index (χ3v) is 2.35. The third kappa shape index (κ3) is 2.93. The number of ether oxygens (including phenoxy) is 1. The summed E-state index contributed by atoms with van der Waals surface area (Å²) in [6, 6.07) is 4.10. The maximum Gasteiger partial charge on any atom is 0.310 e. The summed E-state index contributed by atoms with van der Waals surface area (Å²) >= 11 is 0. The van der Waals surface area contributed by atoms with Gasteiger partial charge >= 0.3 is 11.7 Å². The lowest BCUT2D eigenvalue weighted by Gasteiger charge is -2.09. The van der Waals surface area contributed by atoms with Crippen molar-refractivity contribution in [1.29, 1.82) is 0 Å². The van der Waals surface area contributed by atoms with E-state index in [2.05, 4.69) is 0 Å². The van der Waals surface area contributed by atoms with Crippen LogP contribution in [0.15, 0.2) is 18.2 Å². The fourth-order valence-corrected chi connectivity index (χ4v) is 1.36. The average molecular weight is 239 g/mol. The molecule has 1 aromatic rings. The second-order valence-corrected chi connectivity index (χ2v) is 3.48. The van der Waals surface area contributed by atoms with Crippen molar-refractivity contribution in [2.75, 3.05) is 6.61 Å². The van der Waals surface area contributed by atoms with Gasteiger partial charge in [0.25, 0.3) is 0 Å². The van der Waals surface area contributed by atoms with E-state index in [4.69, 9.17) is 9.84 Å². The lowest BCUT2D eigenvalue weighted by atomic mass is 10.0. The largest absolute Gasteiger partial charge is 0.487 e. The van der Waals surface area contributed by atoms with Crippen LogP contribution in [0.5, 0.6) is 5.75 Å². The molecule has 0 heterocycles. The standard InChI is InChI=1S/C11H13NO5/c1-3-17-10-6-8(7(2)11(13)14)4-5-9(10)12(15)16/h4-7H,3H2,1-2H3,(H,13,14). The van der Waals surface area contributed by atoms with Crippen LogP contribution in [0.4, 0.5) is 5.69 Å². The molecule has 17 heavy (non-hydrogen) atoms. The van der Waals surface area contributed by atoms with E-state index >= 15 is 0 Å². The molecule has 0 amide bonds. The van der Waals surface area contributed by atoms with Crippen LogP contribution in [0, 0.1) is 10.1 Å². The number of benzene rings is 1. The van der Waals surface area contributed by atoms with Gasteiger partial charge in [-0.05, 0) is 25.5 Å². The number of nitrogens with zero attached hydrogens (tertiary/aromatic N) is 1. The summed E-state index contributed by atoms with van der Waals surface area (Å²) in [7, 11) is 0. The molecule has 6 nitrogen and oxygen atoms in total. The van der Waals surface area contributed by atoms with E-state index in [1.165, 1.54) is 25.1 Å². The summed E-state index contributed by atoms with van der Waals surface area (Å²) in [6.07, 6.45) is 0. The van der Waals surface area contributed by atoms with Gasteiger partial charge in [0, 0.05) is 6.07 Å². The Balaban J connectivity index is 3.17.